The molecule has 47 heavy (non-hydrogen) atoms. The number of rotatable bonds is 10. The van der Waals surface area contributed by atoms with Crippen LogP contribution in [0.4, 0.5) is 10.7 Å². The fourth-order valence-corrected chi connectivity index (χ4v) is 7.95. The first kappa shape index (κ1) is 34.3. The fraction of sp³-hybridized carbons (Fsp3) is 0.222. The van der Waals surface area contributed by atoms with Crippen LogP contribution in [-0.4, -0.2) is 23.0 Å². The molecule has 1 aliphatic carbocycles. The van der Waals surface area contributed by atoms with Crippen molar-refractivity contribution in [2.45, 2.75) is 49.7 Å². The molecule has 0 aliphatic heterocycles. The number of carbonyl (C=O) groups is 3. The van der Waals surface area contributed by atoms with Crippen LogP contribution >= 0.6 is 46.3 Å². The van der Waals surface area contributed by atoms with Gasteiger partial charge in [-0.25, -0.2) is 0 Å². The number of anilines is 2. The molecule has 3 aromatic carbocycles. The first-order chi connectivity index (χ1) is 22.7. The van der Waals surface area contributed by atoms with Gasteiger partial charge >= 0.3 is 0 Å². The minimum atomic E-state index is -0.572. The van der Waals surface area contributed by atoms with Gasteiger partial charge in [-0.2, -0.15) is 5.26 Å². The Morgan fingerprint density at radius 2 is 1.83 bits per heavy atom. The fourth-order valence-electron chi connectivity index (χ4n) is 5.21. The molecule has 3 N–H and O–H groups in total. The van der Waals surface area contributed by atoms with E-state index in [0.29, 0.717) is 44.7 Å². The summed E-state index contributed by atoms with van der Waals surface area (Å²) < 4.78 is 0. The van der Waals surface area contributed by atoms with Gasteiger partial charge in [-0.05, 0) is 85.2 Å². The maximum atomic E-state index is 13.6. The number of hydrogen-bond donors (Lipinski definition) is 3. The molecule has 2 unspecified atom stereocenters. The van der Waals surface area contributed by atoms with Gasteiger partial charge in [0.1, 0.15) is 16.8 Å². The van der Waals surface area contributed by atoms with Crippen molar-refractivity contribution in [3.63, 3.8) is 0 Å². The second-order valence-electron chi connectivity index (χ2n) is 11.2. The molecular formula is C36H32Cl2N4O3S2. The van der Waals surface area contributed by atoms with Gasteiger partial charge in [0.15, 0.2) is 0 Å². The summed E-state index contributed by atoms with van der Waals surface area (Å²) in [6.45, 7) is 4.14. The van der Waals surface area contributed by atoms with Gasteiger partial charge in [0, 0.05) is 21.0 Å². The molecule has 1 aromatic heterocycles. The van der Waals surface area contributed by atoms with Gasteiger partial charge in [0.05, 0.1) is 20.9 Å². The Bertz CT molecular complexity index is 1880. The third-order valence-electron chi connectivity index (χ3n) is 7.70. The number of nitriles is 1. The number of halogens is 2. The smallest absolute Gasteiger partial charge is 0.272 e. The average Bonchev–Trinajstić information content (AvgIpc) is 3.41. The molecule has 1 aliphatic rings. The molecule has 5 rings (SSSR count). The van der Waals surface area contributed by atoms with Crippen LogP contribution in [-0.2, 0) is 22.4 Å². The predicted molar refractivity (Wildman–Crippen MR) is 192 cm³/mol. The number of carbonyl (C=O) groups excluding carboxylic acids is 3. The maximum Gasteiger partial charge on any atom is 0.272 e. The summed E-state index contributed by atoms with van der Waals surface area (Å²) in [7, 11) is 0. The molecule has 0 saturated carbocycles. The van der Waals surface area contributed by atoms with Crippen molar-refractivity contribution in [2.24, 2.45) is 5.92 Å². The topological polar surface area (TPSA) is 111 Å². The van der Waals surface area contributed by atoms with Crippen LogP contribution in [0.15, 0.2) is 83.4 Å². The number of thioether (sulfide) groups is 1. The van der Waals surface area contributed by atoms with Crippen molar-refractivity contribution in [1.29, 1.82) is 5.26 Å². The Labute approximate surface area is 292 Å². The lowest BCUT2D eigenvalue weighted by Crippen LogP contribution is -2.30. The first-order valence-corrected chi connectivity index (χ1v) is 17.6. The molecule has 240 valence electrons. The third kappa shape index (κ3) is 8.45. The number of hydrogen-bond acceptors (Lipinski definition) is 6. The Kier molecular flexibility index (Phi) is 11.4. The van der Waals surface area contributed by atoms with Crippen LogP contribution in [0.2, 0.25) is 10.0 Å². The number of nitrogens with one attached hydrogen (secondary N) is 3. The SMILES string of the molecule is CCC(Sc1cccc(NC(=O)/C(=C\c2cccc(Cl)c2Cl)NC(=O)c2ccccc2)c1)C(=O)Nc1sc2c(c1C#N)CCC(C)C2. The third-order valence-corrected chi connectivity index (χ3v) is 11.1. The zero-order chi connectivity index (χ0) is 33.5. The number of nitrogens with zero attached hydrogens (tertiary/aromatic N) is 1. The van der Waals surface area contributed by atoms with Crippen molar-refractivity contribution in [2.75, 3.05) is 10.6 Å². The molecule has 0 radical (unpaired) electrons. The highest BCUT2D eigenvalue weighted by Gasteiger charge is 2.27. The van der Waals surface area contributed by atoms with Crippen LogP contribution in [0.5, 0.6) is 0 Å². The zero-order valence-electron chi connectivity index (χ0n) is 25.7. The van der Waals surface area contributed by atoms with E-state index in [-0.39, 0.29) is 16.6 Å². The Hall–Kier alpha value is -4.07. The zero-order valence-corrected chi connectivity index (χ0v) is 28.9. The highest BCUT2D eigenvalue weighted by atomic mass is 35.5. The van der Waals surface area contributed by atoms with E-state index in [1.807, 2.05) is 13.0 Å². The maximum absolute atomic E-state index is 13.6. The molecule has 0 fully saturated rings. The summed E-state index contributed by atoms with van der Waals surface area (Å²) in [6.07, 6.45) is 4.84. The molecule has 1 heterocycles. The first-order valence-electron chi connectivity index (χ1n) is 15.1. The van der Waals surface area contributed by atoms with Crippen molar-refractivity contribution >= 4 is 80.8 Å². The van der Waals surface area contributed by atoms with Crippen LogP contribution < -0.4 is 16.0 Å². The van der Waals surface area contributed by atoms with E-state index in [1.165, 1.54) is 34.1 Å². The van der Waals surface area contributed by atoms with Gasteiger partial charge in [0.2, 0.25) is 5.91 Å². The van der Waals surface area contributed by atoms with Gasteiger partial charge in [-0.1, -0.05) is 73.4 Å². The molecule has 0 bridgehead atoms. The minimum Gasteiger partial charge on any atom is -0.321 e. The van der Waals surface area contributed by atoms with Gasteiger partial charge < -0.3 is 16.0 Å². The summed E-state index contributed by atoms with van der Waals surface area (Å²) in [4.78, 5) is 42.0. The van der Waals surface area contributed by atoms with Crippen molar-refractivity contribution in [3.05, 3.63) is 116 Å². The largest absolute Gasteiger partial charge is 0.321 e. The van der Waals surface area contributed by atoms with E-state index in [4.69, 9.17) is 23.2 Å². The highest BCUT2D eigenvalue weighted by molar-refractivity contribution is 8.00. The molecule has 7 nitrogen and oxygen atoms in total. The predicted octanol–water partition coefficient (Wildman–Crippen LogP) is 8.97. The van der Waals surface area contributed by atoms with Gasteiger partial charge in [-0.15, -0.1) is 23.1 Å². The number of amides is 3. The van der Waals surface area contributed by atoms with Crippen LogP contribution in [0, 0.1) is 17.2 Å². The Balaban J connectivity index is 1.32. The standard InChI is InChI=1S/C36H32Cl2N4O3S2/c1-3-30(35(45)42-36-27(20-39)26-16-15-21(2)17-31(26)47-36)46-25-13-8-12-24(19-25)40-34(44)29(18-23-11-7-14-28(37)32(23)38)41-33(43)22-9-5-4-6-10-22/h4-14,18-19,21,30H,3,15-17H2,1-2H3,(H,40,44)(H,41,43)(H,42,45)/b29-18+. The van der Waals surface area contributed by atoms with E-state index in [9.17, 15) is 19.6 Å². The summed E-state index contributed by atoms with van der Waals surface area (Å²) in [5.41, 5.74) is 2.93. The van der Waals surface area contributed by atoms with Crippen molar-refractivity contribution in [3.8, 4) is 6.07 Å². The molecule has 4 aromatic rings. The average molecular weight is 704 g/mol. The quantitative estimate of drug-likeness (QED) is 0.113. The summed E-state index contributed by atoms with van der Waals surface area (Å²) in [6, 6.07) is 23.0. The minimum absolute atomic E-state index is 0.0341. The lowest BCUT2D eigenvalue weighted by Gasteiger charge is -2.17. The summed E-state index contributed by atoms with van der Waals surface area (Å²) >= 11 is 15.5. The molecule has 3 amide bonds. The van der Waals surface area contributed by atoms with Crippen LogP contribution in [0.25, 0.3) is 6.08 Å². The lowest BCUT2D eigenvalue weighted by molar-refractivity contribution is -0.116. The van der Waals surface area contributed by atoms with Crippen LogP contribution in [0.1, 0.15) is 58.6 Å². The Morgan fingerprint density at radius 3 is 2.57 bits per heavy atom. The van der Waals surface area contributed by atoms with E-state index in [2.05, 4.69) is 28.9 Å². The van der Waals surface area contributed by atoms with Gasteiger partial charge in [-0.3, -0.25) is 14.4 Å². The summed E-state index contributed by atoms with van der Waals surface area (Å²) in [5.74, 6) is -0.657. The molecular weight excluding hydrogens is 671 g/mol. The van der Waals surface area contributed by atoms with E-state index >= 15 is 0 Å². The number of thiophene rings is 1. The highest BCUT2D eigenvalue weighted by Crippen LogP contribution is 2.40. The van der Waals surface area contributed by atoms with Gasteiger partial charge in [0.25, 0.3) is 11.8 Å². The summed E-state index contributed by atoms with van der Waals surface area (Å²) in [5, 5.41) is 19.2. The van der Waals surface area contributed by atoms with Crippen LogP contribution in [0.3, 0.4) is 0 Å². The van der Waals surface area contributed by atoms with E-state index in [0.717, 1.165) is 29.7 Å². The van der Waals surface area contributed by atoms with Crippen molar-refractivity contribution in [1.82, 2.24) is 5.32 Å². The normalized spacial score (nSPS) is 14.8. The second-order valence-corrected chi connectivity index (χ2v) is 14.3. The van der Waals surface area contributed by atoms with E-state index in [1.54, 1.807) is 66.7 Å². The molecule has 0 saturated heterocycles. The number of benzene rings is 3. The molecule has 11 heteroatoms. The molecule has 0 spiro atoms. The lowest BCUT2D eigenvalue weighted by atomic mass is 9.88. The second kappa shape index (κ2) is 15.7. The van der Waals surface area contributed by atoms with Crippen molar-refractivity contribution < 1.29 is 14.4 Å². The molecule has 2 atom stereocenters. The monoisotopic (exact) mass is 702 g/mol. The number of fused-ring (bicyclic) bond motifs is 1. The van der Waals surface area contributed by atoms with E-state index < -0.39 is 17.1 Å². The Morgan fingerprint density at radius 1 is 1.06 bits per heavy atom.